The average molecular weight is 298 g/mol. The summed E-state index contributed by atoms with van der Waals surface area (Å²) < 4.78 is 3.37. The highest BCUT2D eigenvalue weighted by molar-refractivity contribution is 9.11. The van der Waals surface area contributed by atoms with Crippen LogP contribution in [0.4, 0.5) is 0 Å². The SMILES string of the molecule is NC1CCn2cnc(-c3ccc(Br)s3)c2C1. The van der Waals surface area contributed by atoms with Crippen LogP contribution in [0.2, 0.25) is 0 Å². The Morgan fingerprint density at radius 1 is 1.50 bits per heavy atom. The number of nitrogens with zero attached hydrogens (tertiary/aromatic N) is 2. The second-order valence-electron chi connectivity index (χ2n) is 4.09. The van der Waals surface area contributed by atoms with Crippen LogP contribution in [0.25, 0.3) is 10.6 Å². The molecule has 5 heteroatoms. The van der Waals surface area contributed by atoms with E-state index in [0.29, 0.717) is 0 Å². The van der Waals surface area contributed by atoms with Gasteiger partial charge in [0.1, 0.15) is 5.69 Å². The second kappa shape index (κ2) is 3.98. The van der Waals surface area contributed by atoms with Gasteiger partial charge in [-0.15, -0.1) is 11.3 Å². The molecule has 0 aromatic carbocycles. The fourth-order valence-corrected chi connectivity index (χ4v) is 3.52. The Bertz CT molecular complexity index is 517. The van der Waals surface area contributed by atoms with E-state index in [9.17, 15) is 0 Å². The molecule has 1 atom stereocenters. The first-order chi connectivity index (χ1) is 7.74. The molecule has 0 bridgehead atoms. The Balaban J connectivity index is 2.06. The first-order valence-corrected chi connectivity index (χ1v) is 6.90. The van der Waals surface area contributed by atoms with Crippen molar-refractivity contribution in [3.63, 3.8) is 0 Å². The quantitative estimate of drug-likeness (QED) is 0.879. The van der Waals surface area contributed by atoms with Gasteiger partial charge < -0.3 is 10.3 Å². The topological polar surface area (TPSA) is 43.8 Å². The van der Waals surface area contributed by atoms with Crippen molar-refractivity contribution < 1.29 is 0 Å². The van der Waals surface area contributed by atoms with Gasteiger partial charge in [-0.05, 0) is 34.5 Å². The average Bonchev–Trinajstić information content (AvgIpc) is 2.83. The molecule has 1 unspecified atom stereocenters. The van der Waals surface area contributed by atoms with E-state index in [4.69, 9.17) is 5.73 Å². The molecular formula is C11H12BrN3S. The standard InChI is InChI=1S/C11H12BrN3S/c12-10-2-1-9(16-10)11-8-5-7(13)3-4-15(8)6-14-11/h1-2,6-7H,3-5,13H2. The molecule has 0 saturated carbocycles. The summed E-state index contributed by atoms with van der Waals surface area (Å²) in [4.78, 5) is 5.73. The molecule has 2 aromatic rings. The van der Waals surface area contributed by atoms with E-state index in [2.05, 4.69) is 37.6 Å². The third-order valence-electron chi connectivity index (χ3n) is 2.95. The predicted molar refractivity (Wildman–Crippen MR) is 69.5 cm³/mol. The van der Waals surface area contributed by atoms with Crippen LogP contribution >= 0.6 is 27.3 Å². The molecule has 3 nitrogen and oxygen atoms in total. The van der Waals surface area contributed by atoms with Crippen molar-refractivity contribution in [1.29, 1.82) is 0 Å². The van der Waals surface area contributed by atoms with Gasteiger partial charge in [0.25, 0.3) is 0 Å². The number of aryl methyl sites for hydroxylation is 1. The molecule has 0 radical (unpaired) electrons. The molecule has 0 saturated heterocycles. The van der Waals surface area contributed by atoms with E-state index in [0.717, 1.165) is 28.9 Å². The minimum atomic E-state index is 0.284. The number of aromatic nitrogens is 2. The third kappa shape index (κ3) is 1.73. The number of imidazole rings is 1. The highest BCUT2D eigenvalue weighted by Gasteiger charge is 2.21. The molecule has 16 heavy (non-hydrogen) atoms. The highest BCUT2D eigenvalue weighted by Crippen LogP contribution is 2.33. The van der Waals surface area contributed by atoms with Crippen LogP contribution in [0.1, 0.15) is 12.1 Å². The molecule has 1 aliphatic heterocycles. The number of hydrogen-bond donors (Lipinski definition) is 1. The summed E-state index contributed by atoms with van der Waals surface area (Å²) in [6.45, 7) is 0.996. The first kappa shape index (κ1) is 10.5. The van der Waals surface area contributed by atoms with Gasteiger partial charge in [-0.2, -0.15) is 0 Å². The Labute approximate surface area is 106 Å². The lowest BCUT2D eigenvalue weighted by Crippen LogP contribution is -2.30. The summed E-state index contributed by atoms with van der Waals surface area (Å²) in [6.07, 6.45) is 3.92. The van der Waals surface area contributed by atoms with Crippen LogP contribution < -0.4 is 5.73 Å². The fourth-order valence-electron chi connectivity index (χ4n) is 2.12. The van der Waals surface area contributed by atoms with Crippen molar-refractivity contribution >= 4 is 27.3 Å². The molecule has 1 aliphatic rings. The summed E-state index contributed by atoms with van der Waals surface area (Å²) >= 11 is 5.20. The maximum Gasteiger partial charge on any atom is 0.101 e. The Kier molecular flexibility index (Phi) is 2.61. The van der Waals surface area contributed by atoms with Crippen molar-refractivity contribution in [2.24, 2.45) is 5.73 Å². The molecule has 3 rings (SSSR count). The van der Waals surface area contributed by atoms with Crippen molar-refractivity contribution in [2.75, 3.05) is 0 Å². The van der Waals surface area contributed by atoms with Gasteiger partial charge in [0, 0.05) is 24.7 Å². The molecule has 0 amide bonds. The van der Waals surface area contributed by atoms with Crippen molar-refractivity contribution in [2.45, 2.75) is 25.4 Å². The van der Waals surface area contributed by atoms with Gasteiger partial charge in [-0.1, -0.05) is 0 Å². The van der Waals surface area contributed by atoms with Crippen LogP contribution in [0.3, 0.4) is 0 Å². The van der Waals surface area contributed by atoms with Gasteiger partial charge in [-0.3, -0.25) is 0 Å². The van der Waals surface area contributed by atoms with Gasteiger partial charge in [0.05, 0.1) is 15.0 Å². The van der Waals surface area contributed by atoms with E-state index in [1.165, 1.54) is 10.6 Å². The summed E-state index contributed by atoms with van der Waals surface area (Å²) in [5, 5.41) is 0. The Hall–Kier alpha value is -0.650. The summed E-state index contributed by atoms with van der Waals surface area (Å²) in [7, 11) is 0. The summed E-state index contributed by atoms with van der Waals surface area (Å²) in [5.74, 6) is 0. The smallest absolute Gasteiger partial charge is 0.101 e. The normalized spacial score (nSPS) is 19.8. The lowest BCUT2D eigenvalue weighted by Gasteiger charge is -2.20. The lowest BCUT2D eigenvalue weighted by atomic mass is 10.0. The fraction of sp³-hybridized carbons (Fsp3) is 0.364. The Morgan fingerprint density at radius 2 is 2.38 bits per heavy atom. The zero-order chi connectivity index (χ0) is 11.1. The predicted octanol–water partition coefficient (Wildman–Crippen LogP) is 2.65. The van der Waals surface area contributed by atoms with Crippen molar-refractivity contribution in [1.82, 2.24) is 9.55 Å². The zero-order valence-corrected chi connectivity index (χ0v) is 11.1. The lowest BCUT2D eigenvalue weighted by molar-refractivity contribution is 0.472. The summed E-state index contributed by atoms with van der Waals surface area (Å²) in [6, 6.07) is 4.46. The van der Waals surface area contributed by atoms with E-state index in [-0.39, 0.29) is 6.04 Å². The monoisotopic (exact) mass is 297 g/mol. The van der Waals surface area contributed by atoms with Crippen LogP contribution in [-0.4, -0.2) is 15.6 Å². The molecule has 0 fully saturated rings. The maximum atomic E-state index is 6.01. The second-order valence-corrected chi connectivity index (χ2v) is 6.55. The van der Waals surface area contributed by atoms with Crippen molar-refractivity contribution in [3.8, 4) is 10.6 Å². The number of halogens is 1. The molecule has 0 aliphatic carbocycles. The molecule has 0 spiro atoms. The Morgan fingerprint density at radius 3 is 3.12 bits per heavy atom. The highest BCUT2D eigenvalue weighted by atomic mass is 79.9. The number of nitrogens with two attached hydrogens (primary N) is 1. The minimum absolute atomic E-state index is 0.284. The third-order valence-corrected chi connectivity index (χ3v) is 4.58. The number of fused-ring (bicyclic) bond motifs is 1. The van der Waals surface area contributed by atoms with Crippen LogP contribution in [0.15, 0.2) is 22.2 Å². The number of thiophene rings is 1. The zero-order valence-electron chi connectivity index (χ0n) is 8.69. The van der Waals surface area contributed by atoms with E-state index < -0.39 is 0 Å². The largest absolute Gasteiger partial charge is 0.334 e. The molecule has 3 heterocycles. The van der Waals surface area contributed by atoms with E-state index >= 15 is 0 Å². The van der Waals surface area contributed by atoms with Crippen LogP contribution in [-0.2, 0) is 13.0 Å². The molecular weight excluding hydrogens is 286 g/mol. The van der Waals surface area contributed by atoms with Gasteiger partial charge in [0.2, 0.25) is 0 Å². The summed E-state index contributed by atoms with van der Waals surface area (Å²) in [5.41, 5.74) is 8.40. The van der Waals surface area contributed by atoms with Gasteiger partial charge >= 0.3 is 0 Å². The maximum absolute atomic E-state index is 6.01. The van der Waals surface area contributed by atoms with Crippen LogP contribution in [0, 0.1) is 0 Å². The molecule has 2 aromatic heterocycles. The minimum Gasteiger partial charge on any atom is -0.334 e. The number of hydrogen-bond acceptors (Lipinski definition) is 3. The number of rotatable bonds is 1. The molecule has 2 N–H and O–H groups in total. The van der Waals surface area contributed by atoms with Gasteiger partial charge in [0.15, 0.2) is 0 Å². The van der Waals surface area contributed by atoms with Crippen molar-refractivity contribution in [3.05, 3.63) is 27.9 Å². The van der Waals surface area contributed by atoms with Crippen LogP contribution in [0.5, 0.6) is 0 Å². The van der Waals surface area contributed by atoms with E-state index in [1.54, 1.807) is 11.3 Å². The molecule has 84 valence electrons. The van der Waals surface area contributed by atoms with E-state index in [1.807, 2.05) is 6.33 Å². The van der Waals surface area contributed by atoms with Gasteiger partial charge in [-0.25, -0.2) is 4.98 Å². The first-order valence-electron chi connectivity index (χ1n) is 5.29.